The van der Waals surface area contributed by atoms with Gasteiger partial charge in [0.1, 0.15) is 0 Å². The minimum Gasteiger partial charge on any atom is -0.344 e. The number of aromatic nitrogens is 2. The molecule has 18 heavy (non-hydrogen) atoms. The van der Waals surface area contributed by atoms with Gasteiger partial charge in [0.25, 0.3) is 0 Å². The number of nitrogens with zero attached hydrogens (tertiary/aromatic N) is 3. The van der Waals surface area contributed by atoms with Crippen LogP contribution < -0.4 is 10.6 Å². The predicted molar refractivity (Wildman–Crippen MR) is 76.7 cm³/mol. The fraction of sp³-hybridized carbons (Fsp3) is 0.714. The zero-order chi connectivity index (χ0) is 13.5. The summed E-state index contributed by atoms with van der Waals surface area (Å²) >= 11 is 0. The molecule has 0 bridgehead atoms. The Kier molecular flexibility index (Phi) is 6.05. The average Bonchev–Trinajstić information content (AvgIpc) is 2.39. The van der Waals surface area contributed by atoms with Crippen LogP contribution in [-0.2, 0) is 6.42 Å². The lowest BCUT2D eigenvalue weighted by molar-refractivity contribution is 0.554. The molecule has 0 amide bonds. The van der Waals surface area contributed by atoms with Crippen molar-refractivity contribution in [1.29, 1.82) is 0 Å². The zero-order valence-corrected chi connectivity index (χ0v) is 12.1. The molecule has 1 aromatic rings. The van der Waals surface area contributed by atoms with Crippen molar-refractivity contribution in [2.75, 3.05) is 18.5 Å². The molecule has 2 unspecified atom stereocenters. The van der Waals surface area contributed by atoms with Gasteiger partial charge in [0.05, 0.1) is 0 Å². The largest absolute Gasteiger partial charge is 0.344 e. The van der Waals surface area contributed by atoms with Crippen molar-refractivity contribution in [1.82, 2.24) is 9.97 Å². The average molecular weight is 250 g/mol. The maximum atomic E-state index is 5.92. The second kappa shape index (κ2) is 7.31. The van der Waals surface area contributed by atoms with Gasteiger partial charge in [0.2, 0.25) is 5.95 Å². The third-order valence-electron chi connectivity index (χ3n) is 3.34. The van der Waals surface area contributed by atoms with Crippen molar-refractivity contribution < 1.29 is 0 Å². The quantitative estimate of drug-likeness (QED) is 0.806. The first-order valence-electron chi connectivity index (χ1n) is 6.84. The Morgan fingerprint density at radius 1 is 1.22 bits per heavy atom. The molecule has 1 heterocycles. The third kappa shape index (κ3) is 4.61. The summed E-state index contributed by atoms with van der Waals surface area (Å²) in [6.45, 7) is 7.53. The molecule has 2 N–H and O–H groups in total. The smallest absolute Gasteiger partial charge is 0.224 e. The predicted octanol–water partition coefficient (Wildman–Crippen LogP) is 2.24. The summed E-state index contributed by atoms with van der Waals surface area (Å²) in [5.41, 5.74) is 7.04. The van der Waals surface area contributed by atoms with Crippen molar-refractivity contribution in [3.05, 3.63) is 18.0 Å². The molecule has 0 fully saturated rings. The maximum Gasteiger partial charge on any atom is 0.224 e. The van der Waals surface area contributed by atoms with E-state index >= 15 is 0 Å². The number of hydrogen-bond donors (Lipinski definition) is 1. The third-order valence-corrected chi connectivity index (χ3v) is 3.34. The lowest BCUT2D eigenvalue weighted by Gasteiger charge is -2.20. The molecule has 0 aliphatic rings. The Hall–Kier alpha value is -1.16. The van der Waals surface area contributed by atoms with E-state index in [4.69, 9.17) is 5.73 Å². The van der Waals surface area contributed by atoms with Crippen LogP contribution in [0.25, 0.3) is 0 Å². The summed E-state index contributed by atoms with van der Waals surface area (Å²) in [6, 6.07) is 0.206. The van der Waals surface area contributed by atoms with Crippen LogP contribution in [0.15, 0.2) is 12.4 Å². The molecule has 4 nitrogen and oxygen atoms in total. The van der Waals surface area contributed by atoms with Gasteiger partial charge in [-0.3, -0.25) is 0 Å². The molecule has 4 heteroatoms. The fourth-order valence-electron chi connectivity index (χ4n) is 1.78. The fourth-order valence-corrected chi connectivity index (χ4v) is 1.78. The van der Waals surface area contributed by atoms with Gasteiger partial charge in [-0.2, -0.15) is 0 Å². The van der Waals surface area contributed by atoms with E-state index in [1.165, 1.54) is 6.42 Å². The molecular weight excluding hydrogens is 224 g/mol. The Bertz CT molecular complexity index is 336. The number of hydrogen-bond acceptors (Lipinski definition) is 4. The highest BCUT2D eigenvalue weighted by Gasteiger charge is 2.08. The van der Waals surface area contributed by atoms with Crippen molar-refractivity contribution >= 4 is 5.95 Å². The summed E-state index contributed by atoms with van der Waals surface area (Å²) in [4.78, 5) is 10.9. The Labute approximate surface area is 111 Å². The van der Waals surface area contributed by atoms with E-state index < -0.39 is 0 Å². The van der Waals surface area contributed by atoms with Crippen LogP contribution in [0.2, 0.25) is 0 Å². The minimum atomic E-state index is 0.206. The summed E-state index contributed by atoms with van der Waals surface area (Å²) in [6.07, 6.45) is 6.80. The Morgan fingerprint density at radius 2 is 1.83 bits per heavy atom. The van der Waals surface area contributed by atoms with E-state index in [-0.39, 0.29) is 6.04 Å². The van der Waals surface area contributed by atoms with Gasteiger partial charge in [-0.05, 0) is 24.3 Å². The van der Waals surface area contributed by atoms with E-state index in [0.717, 1.165) is 30.9 Å². The standard InChI is InChI=1S/C14H26N4/c1-5-11(3)10-18(4)14-16-8-12(9-17-14)7-13(15)6-2/h8-9,11,13H,5-7,10,15H2,1-4H3. The summed E-state index contributed by atoms with van der Waals surface area (Å²) in [5.74, 6) is 1.45. The highest BCUT2D eigenvalue weighted by molar-refractivity contribution is 5.28. The highest BCUT2D eigenvalue weighted by atomic mass is 15.2. The van der Waals surface area contributed by atoms with Crippen molar-refractivity contribution in [3.63, 3.8) is 0 Å². The number of anilines is 1. The normalized spacial score (nSPS) is 14.3. The molecule has 102 valence electrons. The Balaban J connectivity index is 2.59. The first-order valence-corrected chi connectivity index (χ1v) is 6.84. The first-order chi connectivity index (χ1) is 8.56. The molecule has 2 atom stereocenters. The Morgan fingerprint density at radius 3 is 2.33 bits per heavy atom. The van der Waals surface area contributed by atoms with Crippen LogP contribution in [-0.4, -0.2) is 29.6 Å². The molecule has 0 aromatic carbocycles. The van der Waals surface area contributed by atoms with Crippen molar-refractivity contribution in [3.8, 4) is 0 Å². The van der Waals surface area contributed by atoms with E-state index in [9.17, 15) is 0 Å². The van der Waals surface area contributed by atoms with E-state index in [1.807, 2.05) is 19.4 Å². The molecule has 0 saturated heterocycles. The molecule has 0 aliphatic carbocycles. The second-order valence-electron chi connectivity index (χ2n) is 5.16. The van der Waals surface area contributed by atoms with Gasteiger partial charge in [0.15, 0.2) is 0 Å². The van der Waals surface area contributed by atoms with Gasteiger partial charge < -0.3 is 10.6 Å². The lowest BCUT2D eigenvalue weighted by Crippen LogP contribution is -2.26. The molecule has 0 aliphatic heterocycles. The van der Waals surface area contributed by atoms with E-state index in [0.29, 0.717) is 5.92 Å². The van der Waals surface area contributed by atoms with Crippen LogP contribution in [0.3, 0.4) is 0 Å². The van der Waals surface area contributed by atoms with E-state index in [1.54, 1.807) is 0 Å². The first kappa shape index (κ1) is 14.9. The van der Waals surface area contributed by atoms with Crippen LogP contribution in [0.4, 0.5) is 5.95 Å². The minimum absolute atomic E-state index is 0.206. The van der Waals surface area contributed by atoms with Crippen molar-refractivity contribution in [2.24, 2.45) is 11.7 Å². The van der Waals surface area contributed by atoms with Crippen molar-refractivity contribution in [2.45, 2.75) is 46.1 Å². The second-order valence-corrected chi connectivity index (χ2v) is 5.16. The summed E-state index contributed by atoms with van der Waals surface area (Å²) in [7, 11) is 2.04. The molecule has 1 rings (SSSR count). The topological polar surface area (TPSA) is 55.0 Å². The van der Waals surface area contributed by atoms with Crippen LogP contribution >= 0.6 is 0 Å². The van der Waals surface area contributed by atoms with Gasteiger partial charge in [-0.15, -0.1) is 0 Å². The SMILES string of the molecule is CCC(C)CN(C)c1ncc(CC(N)CC)cn1. The summed E-state index contributed by atoms with van der Waals surface area (Å²) in [5, 5.41) is 0. The van der Waals surface area contributed by atoms with Crippen LogP contribution in [0, 0.1) is 5.92 Å². The van der Waals surface area contributed by atoms with Gasteiger partial charge >= 0.3 is 0 Å². The number of rotatable bonds is 7. The summed E-state index contributed by atoms with van der Waals surface area (Å²) < 4.78 is 0. The molecule has 1 aromatic heterocycles. The zero-order valence-electron chi connectivity index (χ0n) is 12.1. The van der Waals surface area contributed by atoms with Gasteiger partial charge in [0, 0.05) is 32.0 Å². The molecular formula is C14H26N4. The van der Waals surface area contributed by atoms with E-state index in [2.05, 4.69) is 35.6 Å². The highest BCUT2D eigenvalue weighted by Crippen LogP contribution is 2.10. The molecule has 0 radical (unpaired) electrons. The van der Waals surface area contributed by atoms with Gasteiger partial charge in [-0.1, -0.05) is 27.2 Å². The maximum absolute atomic E-state index is 5.92. The molecule has 0 spiro atoms. The van der Waals surface area contributed by atoms with Gasteiger partial charge in [-0.25, -0.2) is 9.97 Å². The van der Waals surface area contributed by atoms with Crippen LogP contribution in [0.5, 0.6) is 0 Å². The monoisotopic (exact) mass is 250 g/mol. The van der Waals surface area contributed by atoms with Crippen LogP contribution in [0.1, 0.15) is 39.2 Å². The number of nitrogens with two attached hydrogens (primary N) is 1. The lowest BCUT2D eigenvalue weighted by atomic mass is 10.1. The molecule has 0 saturated carbocycles.